The van der Waals surface area contributed by atoms with Crippen molar-refractivity contribution in [1.82, 2.24) is 14.9 Å². The van der Waals surface area contributed by atoms with Crippen molar-refractivity contribution in [3.63, 3.8) is 0 Å². The van der Waals surface area contributed by atoms with Crippen molar-refractivity contribution in [1.29, 1.82) is 0 Å². The van der Waals surface area contributed by atoms with E-state index in [2.05, 4.69) is 10.3 Å². The molecule has 0 saturated heterocycles. The van der Waals surface area contributed by atoms with Crippen LogP contribution in [0, 0.1) is 0 Å². The molecule has 1 amide bonds. The SMILES string of the molecule is COc1ccccc1C(NC(=O)Cc1ccc(S(C)(=O)=O)cc1)c1nccn1C. The molecule has 0 spiro atoms. The van der Waals surface area contributed by atoms with E-state index in [0.29, 0.717) is 17.1 Å². The third-order valence-electron chi connectivity index (χ3n) is 4.59. The van der Waals surface area contributed by atoms with Gasteiger partial charge in [-0.3, -0.25) is 4.79 Å². The number of nitrogens with zero attached hydrogens (tertiary/aromatic N) is 2. The van der Waals surface area contributed by atoms with Gasteiger partial charge in [-0.05, 0) is 23.8 Å². The number of para-hydroxylation sites is 1. The Morgan fingerprint density at radius 3 is 2.45 bits per heavy atom. The molecule has 1 N–H and O–H groups in total. The molecule has 0 saturated carbocycles. The van der Waals surface area contributed by atoms with Crippen LogP contribution in [0.15, 0.2) is 65.8 Å². The van der Waals surface area contributed by atoms with Crippen LogP contribution in [-0.2, 0) is 28.1 Å². The first-order chi connectivity index (χ1) is 13.8. The van der Waals surface area contributed by atoms with Crippen LogP contribution in [0.25, 0.3) is 0 Å². The second kappa shape index (κ2) is 8.48. The van der Waals surface area contributed by atoms with E-state index in [9.17, 15) is 13.2 Å². The quantitative estimate of drug-likeness (QED) is 0.642. The molecule has 0 bridgehead atoms. The van der Waals surface area contributed by atoms with Crippen LogP contribution >= 0.6 is 0 Å². The number of methoxy groups -OCH3 is 1. The fourth-order valence-electron chi connectivity index (χ4n) is 3.09. The van der Waals surface area contributed by atoms with Crippen molar-refractivity contribution in [2.24, 2.45) is 7.05 Å². The summed E-state index contributed by atoms with van der Waals surface area (Å²) in [7, 11) is 0.174. The van der Waals surface area contributed by atoms with Gasteiger partial charge in [-0.15, -0.1) is 0 Å². The van der Waals surface area contributed by atoms with Gasteiger partial charge < -0.3 is 14.6 Å². The lowest BCUT2D eigenvalue weighted by atomic mass is 10.0. The number of rotatable bonds is 7. The smallest absolute Gasteiger partial charge is 0.225 e. The molecule has 0 aliphatic rings. The number of hydrogen-bond donors (Lipinski definition) is 1. The van der Waals surface area contributed by atoms with Crippen molar-refractivity contribution >= 4 is 15.7 Å². The average Bonchev–Trinajstić information content (AvgIpc) is 3.11. The van der Waals surface area contributed by atoms with Crippen molar-refractivity contribution in [2.45, 2.75) is 17.4 Å². The van der Waals surface area contributed by atoms with Crippen LogP contribution in [0.4, 0.5) is 0 Å². The standard InChI is InChI=1S/C21H23N3O4S/c1-24-13-12-22-21(24)20(17-6-4-5-7-18(17)28-2)23-19(25)14-15-8-10-16(11-9-15)29(3,26)27/h4-13,20H,14H2,1-3H3,(H,23,25). The first-order valence-corrected chi connectivity index (χ1v) is 10.9. The minimum atomic E-state index is -3.27. The van der Waals surface area contributed by atoms with Crippen LogP contribution in [0.2, 0.25) is 0 Å². The number of ether oxygens (including phenoxy) is 1. The fourth-order valence-corrected chi connectivity index (χ4v) is 3.72. The molecule has 152 valence electrons. The number of hydrogen-bond acceptors (Lipinski definition) is 5. The molecule has 1 aromatic heterocycles. The number of imidazole rings is 1. The minimum absolute atomic E-state index is 0.111. The summed E-state index contributed by atoms with van der Waals surface area (Å²) in [6.07, 6.45) is 4.75. The molecule has 2 aromatic carbocycles. The van der Waals surface area contributed by atoms with Gasteiger partial charge in [-0.25, -0.2) is 13.4 Å². The molecule has 0 aliphatic carbocycles. The van der Waals surface area contributed by atoms with Crippen LogP contribution in [0.5, 0.6) is 5.75 Å². The number of carbonyl (C=O) groups excluding carboxylic acids is 1. The molecule has 1 heterocycles. The minimum Gasteiger partial charge on any atom is -0.496 e. The number of aromatic nitrogens is 2. The second-order valence-corrected chi connectivity index (χ2v) is 8.75. The highest BCUT2D eigenvalue weighted by molar-refractivity contribution is 7.90. The zero-order valence-corrected chi connectivity index (χ0v) is 17.3. The number of benzene rings is 2. The lowest BCUT2D eigenvalue weighted by Crippen LogP contribution is -2.32. The molecule has 7 nitrogen and oxygen atoms in total. The van der Waals surface area contributed by atoms with Gasteiger partial charge in [0.1, 0.15) is 17.6 Å². The number of amides is 1. The largest absolute Gasteiger partial charge is 0.496 e. The van der Waals surface area contributed by atoms with E-state index in [1.165, 1.54) is 12.1 Å². The van der Waals surface area contributed by atoms with Crippen LogP contribution in [0.1, 0.15) is 23.0 Å². The first kappa shape index (κ1) is 20.6. The lowest BCUT2D eigenvalue weighted by molar-refractivity contribution is -0.121. The van der Waals surface area contributed by atoms with Crippen LogP contribution in [-0.4, -0.2) is 37.2 Å². The van der Waals surface area contributed by atoms with E-state index in [1.807, 2.05) is 42.1 Å². The van der Waals surface area contributed by atoms with Gasteiger partial charge in [0.05, 0.1) is 18.4 Å². The highest BCUT2D eigenvalue weighted by atomic mass is 32.2. The van der Waals surface area contributed by atoms with E-state index in [-0.39, 0.29) is 17.2 Å². The molecule has 1 unspecified atom stereocenters. The van der Waals surface area contributed by atoms with E-state index in [1.54, 1.807) is 25.4 Å². The maximum atomic E-state index is 12.8. The normalized spacial score (nSPS) is 12.4. The van der Waals surface area contributed by atoms with Crippen molar-refractivity contribution in [2.75, 3.05) is 13.4 Å². The van der Waals surface area contributed by atoms with E-state index >= 15 is 0 Å². The van der Waals surface area contributed by atoms with Crippen LogP contribution < -0.4 is 10.1 Å². The predicted molar refractivity (Wildman–Crippen MR) is 109 cm³/mol. The molecule has 1 atom stereocenters. The van der Waals surface area contributed by atoms with E-state index in [0.717, 1.165) is 11.8 Å². The Bertz CT molecular complexity index is 1100. The summed E-state index contributed by atoms with van der Waals surface area (Å²) in [4.78, 5) is 17.4. The molecule has 0 aliphatic heterocycles. The Kier molecular flexibility index (Phi) is 6.03. The molecule has 3 rings (SSSR count). The highest BCUT2D eigenvalue weighted by Gasteiger charge is 2.23. The maximum Gasteiger partial charge on any atom is 0.225 e. The molecular formula is C21H23N3O4S. The Morgan fingerprint density at radius 2 is 1.86 bits per heavy atom. The third-order valence-corrected chi connectivity index (χ3v) is 5.72. The Hall–Kier alpha value is -3.13. The fraction of sp³-hybridized carbons (Fsp3) is 0.238. The maximum absolute atomic E-state index is 12.8. The topological polar surface area (TPSA) is 90.3 Å². The summed E-state index contributed by atoms with van der Waals surface area (Å²) in [5, 5.41) is 3.02. The molecule has 29 heavy (non-hydrogen) atoms. The second-order valence-electron chi connectivity index (χ2n) is 6.73. The highest BCUT2D eigenvalue weighted by Crippen LogP contribution is 2.29. The summed E-state index contributed by atoms with van der Waals surface area (Å²) in [5.74, 6) is 1.12. The van der Waals surface area contributed by atoms with Gasteiger partial charge in [0.15, 0.2) is 9.84 Å². The number of aryl methyl sites for hydroxylation is 1. The summed E-state index contributed by atoms with van der Waals surface area (Å²) in [6.45, 7) is 0. The summed E-state index contributed by atoms with van der Waals surface area (Å²) >= 11 is 0. The average molecular weight is 413 g/mol. The zero-order chi connectivity index (χ0) is 21.0. The Labute approximate surface area is 170 Å². The number of nitrogens with one attached hydrogen (secondary N) is 1. The summed E-state index contributed by atoms with van der Waals surface area (Å²) in [5.41, 5.74) is 1.51. The Balaban J connectivity index is 1.85. The van der Waals surface area contributed by atoms with Gasteiger partial charge in [0, 0.05) is 31.3 Å². The van der Waals surface area contributed by atoms with Crippen LogP contribution in [0.3, 0.4) is 0 Å². The monoisotopic (exact) mass is 413 g/mol. The van der Waals surface area contributed by atoms with E-state index in [4.69, 9.17) is 4.74 Å². The van der Waals surface area contributed by atoms with Crippen molar-refractivity contribution in [3.05, 3.63) is 77.9 Å². The number of sulfone groups is 1. The first-order valence-electron chi connectivity index (χ1n) is 8.98. The molecule has 0 radical (unpaired) electrons. The Morgan fingerprint density at radius 1 is 1.17 bits per heavy atom. The summed E-state index contributed by atoms with van der Waals surface area (Å²) in [6, 6.07) is 13.3. The zero-order valence-electron chi connectivity index (χ0n) is 16.5. The van der Waals surface area contributed by atoms with Gasteiger partial charge >= 0.3 is 0 Å². The molecule has 8 heteroatoms. The molecular weight excluding hydrogens is 390 g/mol. The third kappa shape index (κ3) is 4.83. The van der Waals surface area contributed by atoms with E-state index < -0.39 is 15.9 Å². The summed E-state index contributed by atoms with van der Waals surface area (Å²) < 4.78 is 30.5. The lowest BCUT2D eigenvalue weighted by Gasteiger charge is -2.21. The van der Waals surface area contributed by atoms with Crippen molar-refractivity contribution < 1.29 is 17.9 Å². The van der Waals surface area contributed by atoms with Gasteiger partial charge in [-0.1, -0.05) is 30.3 Å². The van der Waals surface area contributed by atoms with Gasteiger partial charge in [0.2, 0.25) is 5.91 Å². The van der Waals surface area contributed by atoms with Gasteiger partial charge in [0.25, 0.3) is 0 Å². The van der Waals surface area contributed by atoms with Gasteiger partial charge in [-0.2, -0.15) is 0 Å². The number of carbonyl (C=O) groups is 1. The predicted octanol–water partition coefficient (Wildman–Crippen LogP) is 2.28. The molecule has 0 fully saturated rings. The van der Waals surface area contributed by atoms with Crippen molar-refractivity contribution in [3.8, 4) is 5.75 Å². The molecule has 3 aromatic rings.